The zero-order valence-electron chi connectivity index (χ0n) is 7.50. The lowest BCUT2D eigenvalue weighted by Gasteiger charge is -2.42. The zero-order chi connectivity index (χ0) is 10.3. The van der Waals surface area contributed by atoms with Gasteiger partial charge in [-0.1, -0.05) is 0 Å². The van der Waals surface area contributed by atoms with Gasteiger partial charge in [0.1, 0.15) is 11.6 Å². The second-order valence-corrected chi connectivity index (χ2v) is 3.84. The minimum Gasteiger partial charge on any atom is -0.393 e. The summed E-state index contributed by atoms with van der Waals surface area (Å²) in [5, 5.41) is 9.11. The largest absolute Gasteiger partial charge is 0.393 e. The summed E-state index contributed by atoms with van der Waals surface area (Å²) >= 11 is 0. The number of hydrogen-bond donors (Lipinski definition) is 2. The number of benzene rings is 1. The summed E-state index contributed by atoms with van der Waals surface area (Å²) in [6.45, 7) is 0. The molecule has 0 heterocycles. The predicted molar refractivity (Wildman–Crippen MR) is 47.5 cm³/mol. The predicted octanol–water partition coefficient (Wildman–Crippen LogP) is 1.27. The normalized spacial score (nSPS) is 31.3. The van der Waals surface area contributed by atoms with Crippen LogP contribution in [-0.2, 0) is 5.54 Å². The van der Waals surface area contributed by atoms with Crippen molar-refractivity contribution >= 4 is 0 Å². The van der Waals surface area contributed by atoms with E-state index in [1.807, 2.05) is 0 Å². The third-order valence-electron chi connectivity index (χ3n) is 2.66. The van der Waals surface area contributed by atoms with Crippen molar-refractivity contribution in [1.29, 1.82) is 0 Å². The number of aliphatic hydroxyl groups is 1. The summed E-state index contributed by atoms with van der Waals surface area (Å²) in [4.78, 5) is 0. The molecule has 0 atom stereocenters. The molecule has 0 aliphatic heterocycles. The van der Waals surface area contributed by atoms with E-state index in [2.05, 4.69) is 0 Å². The molecule has 1 aromatic rings. The van der Waals surface area contributed by atoms with E-state index in [-0.39, 0.29) is 18.4 Å². The van der Waals surface area contributed by atoms with Gasteiger partial charge in [0.2, 0.25) is 0 Å². The number of nitrogens with two attached hydrogens (primary N) is 1. The fourth-order valence-corrected chi connectivity index (χ4v) is 1.88. The smallest absolute Gasteiger partial charge is 0.128 e. The van der Waals surface area contributed by atoms with Crippen LogP contribution in [0.25, 0.3) is 0 Å². The van der Waals surface area contributed by atoms with Gasteiger partial charge in [0.25, 0.3) is 0 Å². The topological polar surface area (TPSA) is 46.2 Å². The van der Waals surface area contributed by atoms with Gasteiger partial charge < -0.3 is 10.8 Å². The van der Waals surface area contributed by atoms with Gasteiger partial charge >= 0.3 is 0 Å². The molecule has 3 N–H and O–H groups in total. The van der Waals surface area contributed by atoms with Crippen LogP contribution < -0.4 is 5.73 Å². The summed E-state index contributed by atoms with van der Waals surface area (Å²) < 4.78 is 26.1. The summed E-state index contributed by atoms with van der Waals surface area (Å²) in [5.41, 5.74) is 5.08. The van der Waals surface area contributed by atoms with Crippen LogP contribution in [0.2, 0.25) is 0 Å². The molecule has 0 bridgehead atoms. The second kappa shape index (κ2) is 3.00. The molecule has 0 spiro atoms. The van der Waals surface area contributed by atoms with Gasteiger partial charge in [-0.25, -0.2) is 8.78 Å². The fourth-order valence-electron chi connectivity index (χ4n) is 1.88. The van der Waals surface area contributed by atoms with Crippen molar-refractivity contribution in [2.24, 2.45) is 5.73 Å². The Morgan fingerprint density at radius 3 is 2.57 bits per heavy atom. The van der Waals surface area contributed by atoms with Crippen LogP contribution in [0.15, 0.2) is 18.2 Å². The molecule has 1 aromatic carbocycles. The van der Waals surface area contributed by atoms with Crippen molar-refractivity contribution in [3.8, 4) is 0 Å². The Balaban J connectivity index is 2.36. The second-order valence-electron chi connectivity index (χ2n) is 3.84. The molecule has 1 aliphatic rings. The van der Waals surface area contributed by atoms with Gasteiger partial charge in [-0.3, -0.25) is 0 Å². The quantitative estimate of drug-likeness (QED) is 0.715. The highest BCUT2D eigenvalue weighted by atomic mass is 19.1. The Labute approximate surface area is 80.4 Å². The molecule has 2 rings (SSSR count). The van der Waals surface area contributed by atoms with Gasteiger partial charge in [-0.05, 0) is 31.0 Å². The maximum absolute atomic E-state index is 13.3. The van der Waals surface area contributed by atoms with Crippen molar-refractivity contribution in [2.75, 3.05) is 0 Å². The third kappa shape index (κ3) is 1.40. The molecule has 76 valence electrons. The summed E-state index contributed by atoms with van der Waals surface area (Å²) in [7, 11) is 0. The minimum absolute atomic E-state index is 0.155. The molecule has 2 nitrogen and oxygen atoms in total. The summed E-state index contributed by atoms with van der Waals surface area (Å²) in [5.74, 6) is -1.02. The first-order chi connectivity index (χ1) is 6.51. The van der Waals surface area contributed by atoms with Crippen molar-refractivity contribution in [3.63, 3.8) is 0 Å². The van der Waals surface area contributed by atoms with E-state index >= 15 is 0 Å². The third-order valence-corrected chi connectivity index (χ3v) is 2.66. The molecule has 4 heteroatoms. The van der Waals surface area contributed by atoms with Gasteiger partial charge in [0, 0.05) is 11.1 Å². The van der Waals surface area contributed by atoms with Crippen molar-refractivity contribution in [3.05, 3.63) is 35.4 Å². The summed E-state index contributed by atoms with van der Waals surface area (Å²) in [6, 6.07) is 3.21. The van der Waals surface area contributed by atoms with E-state index in [1.54, 1.807) is 0 Å². The lowest BCUT2D eigenvalue weighted by molar-refractivity contribution is 0.0191. The Morgan fingerprint density at radius 1 is 1.36 bits per heavy atom. The molecular formula is C10H11F2NO. The van der Waals surface area contributed by atoms with Crippen LogP contribution in [0.5, 0.6) is 0 Å². The van der Waals surface area contributed by atoms with E-state index in [1.165, 1.54) is 0 Å². The number of hydrogen-bond acceptors (Lipinski definition) is 2. The zero-order valence-corrected chi connectivity index (χ0v) is 7.50. The Kier molecular flexibility index (Phi) is 2.05. The van der Waals surface area contributed by atoms with E-state index < -0.39 is 23.3 Å². The highest BCUT2D eigenvalue weighted by molar-refractivity contribution is 5.29. The Hall–Kier alpha value is -1.00. The fraction of sp³-hybridized carbons (Fsp3) is 0.400. The number of rotatable bonds is 1. The van der Waals surface area contributed by atoms with E-state index in [4.69, 9.17) is 10.8 Å². The molecule has 1 aliphatic carbocycles. The minimum atomic E-state index is -0.897. The van der Waals surface area contributed by atoms with E-state index in [9.17, 15) is 8.78 Å². The van der Waals surface area contributed by atoms with Crippen LogP contribution >= 0.6 is 0 Å². The van der Waals surface area contributed by atoms with Crippen molar-refractivity contribution in [1.82, 2.24) is 0 Å². The lowest BCUT2D eigenvalue weighted by Crippen LogP contribution is -2.52. The Bertz CT molecular complexity index is 361. The Morgan fingerprint density at radius 2 is 2.00 bits per heavy atom. The van der Waals surface area contributed by atoms with Gasteiger partial charge in [-0.2, -0.15) is 0 Å². The molecule has 0 aromatic heterocycles. The van der Waals surface area contributed by atoms with Crippen LogP contribution in [-0.4, -0.2) is 11.2 Å². The SMILES string of the molecule is NC1(c2cc(F)ccc2F)CC(O)C1. The molecule has 14 heavy (non-hydrogen) atoms. The first kappa shape index (κ1) is 9.55. The maximum Gasteiger partial charge on any atom is 0.128 e. The van der Waals surface area contributed by atoms with Crippen LogP contribution in [0.3, 0.4) is 0 Å². The first-order valence-corrected chi connectivity index (χ1v) is 4.44. The highest BCUT2D eigenvalue weighted by Gasteiger charge is 2.43. The molecular weight excluding hydrogens is 188 g/mol. The van der Waals surface area contributed by atoms with Crippen LogP contribution in [0.1, 0.15) is 18.4 Å². The maximum atomic E-state index is 13.3. The van der Waals surface area contributed by atoms with Crippen molar-refractivity contribution < 1.29 is 13.9 Å². The monoisotopic (exact) mass is 199 g/mol. The average molecular weight is 199 g/mol. The highest BCUT2D eigenvalue weighted by Crippen LogP contribution is 2.40. The van der Waals surface area contributed by atoms with E-state index in [0.717, 1.165) is 18.2 Å². The van der Waals surface area contributed by atoms with Gasteiger partial charge in [-0.15, -0.1) is 0 Å². The standard InChI is InChI=1S/C10H11F2NO/c11-6-1-2-9(12)8(3-6)10(13)4-7(14)5-10/h1-3,7,14H,4-5,13H2. The lowest BCUT2D eigenvalue weighted by atomic mass is 9.70. The van der Waals surface area contributed by atoms with E-state index in [0.29, 0.717) is 0 Å². The summed E-state index contributed by atoms with van der Waals surface area (Å²) in [6.07, 6.45) is 0.0727. The molecule has 0 radical (unpaired) electrons. The van der Waals surface area contributed by atoms with Crippen molar-refractivity contribution in [2.45, 2.75) is 24.5 Å². The molecule has 1 saturated carbocycles. The van der Waals surface area contributed by atoms with Crippen LogP contribution in [0.4, 0.5) is 8.78 Å². The number of aliphatic hydroxyl groups excluding tert-OH is 1. The molecule has 1 fully saturated rings. The number of halogens is 2. The molecule has 0 saturated heterocycles. The van der Waals surface area contributed by atoms with Crippen LogP contribution in [0, 0.1) is 11.6 Å². The molecule has 0 unspecified atom stereocenters. The first-order valence-electron chi connectivity index (χ1n) is 4.44. The van der Waals surface area contributed by atoms with Gasteiger partial charge in [0.05, 0.1) is 6.10 Å². The molecule has 0 amide bonds. The average Bonchev–Trinajstić information content (AvgIpc) is 2.07. The van der Waals surface area contributed by atoms with Gasteiger partial charge in [0.15, 0.2) is 0 Å².